The van der Waals surface area contributed by atoms with Crippen molar-refractivity contribution < 1.29 is 19.4 Å². The minimum absolute atomic E-state index is 0.142. The number of fused-ring (bicyclic) bond motifs is 1. The molecule has 1 amide bonds. The third-order valence-electron chi connectivity index (χ3n) is 9.71. The Hall–Kier alpha value is -4.56. The number of amides is 1. The number of allylic oxidation sites excluding steroid dienone is 1. The molecule has 9 heteroatoms. The summed E-state index contributed by atoms with van der Waals surface area (Å²) in [6, 6.07) is 15.7. The fraction of sp³-hybridized carbons (Fsp3) is 0.359. The number of rotatable bonds is 11. The molecule has 1 aliphatic heterocycles. The van der Waals surface area contributed by atoms with Crippen molar-refractivity contribution in [2.45, 2.75) is 66.3 Å². The summed E-state index contributed by atoms with van der Waals surface area (Å²) in [6.45, 7) is 10.5. The Morgan fingerprint density at radius 1 is 1.00 bits per heavy atom. The van der Waals surface area contributed by atoms with Gasteiger partial charge in [0.15, 0.2) is 0 Å². The van der Waals surface area contributed by atoms with E-state index in [1.807, 2.05) is 56.8 Å². The fourth-order valence-corrected chi connectivity index (χ4v) is 7.33. The van der Waals surface area contributed by atoms with E-state index < -0.39 is 5.97 Å². The van der Waals surface area contributed by atoms with Crippen molar-refractivity contribution in [2.75, 3.05) is 24.6 Å². The summed E-state index contributed by atoms with van der Waals surface area (Å²) in [7, 11) is 1.95. The van der Waals surface area contributed by atoms with Crippen LogP contribution in [0.5, 0.6) is 5.75 Å². The molecule has 1 aliphatic carbocycles. The number of benzene rings is 3. The van der Waals surface area contributed by atoms with Crippen LogP contribution in [0.15, 0.2) is 54.1 Å². The molecule has 1 saturated heterocycles. The number of hydrogen-bond donors (Lipinski definition) is 2. The average molecular weight is 667 g/mol. The Morgan fingerprint density at radius 3 is 2.38 bits per heavy atom. The lowest BCUT2D eigenvalue weighted by Crippen LogP contribution is -2.26. The van der Waals surface area contributed by atoms with Gasteiger partial charge in [-0.05, 0) is 117 Å². The van der Waals surface area contributed by atoms with Gasteiger partial charge in [0.25, 0.3) is 0 Å². The van der Waals surface area contributed by atoms with Gasteiger partial charge in [-0.15, -0.1) is 0 Å². The number of nitrogens with one attached hydrogen (secondary N) is 1. The summed E-state index contributed by atoms with van der Waals surface area (Å²) in [4.78, 5) is 28.3. The molecule has 2 heterocycles. The normalized spacial score (nSPS) is 14.1. The highest BCUT2D eigenvalue weighted by molar-refractivity contribution is 6.32. The molecule has 0 saturated carbocycles. The molecule has 6 rings (SSSR count). The van der Waals surface area contributed by atoms with Crippen LogP contribution >= 0.6 is 11.6 Å². The summed E-state index contributed by atoms with van der Waals surface area (Å²) in [5, 5.41) is 18.5. The molecule has 0 unspecified atom stereocenters. The molecule has 0 radical (unpaired) electrons. The molecule has 0 spiro atoms. The fourth-order valence-electron chi connectivity index (χ4n) is 7.22. The first kappa shape index (κ1) is 33.3. The molecular weight excluding hydrogens is 624 g/mol. The van der Waals surface area contributed by atoms with E-state index in [0.29, 0.717) is 19.4 Å². The second-order valence-electron chi connectivity index (χ2n) is 13.0. The Morgan fingerprint density at radius 2 is 1.71 bits per heavy atom. The number of nitrogens with zero attached hydrogens (tertiary/aromatic N) is 3. The van der Waals surface area contributed by atoms with Crippen LogP contribution in [0.1, 0.15) is 75.2 Å². The first-order valence-corrected chi connectivity index (χ1v) is 17.0. The van der Waals surface area contributed by atoms with Crippen molar-refractivity contribution in [3.05, 3.63) is 104 Å². The Labute approximate surface area is 287 Å². The second kappa shape index (κ2) is 13.9. The number of anilines is 1. The standard InChI is InChI=1S/C39H43ClN4O4/c1-23-18-28(19-24(2)37(23)40)48-17-9-12-30-29-10-8-11-31(36-25(3)42-43(5)26(36)4)32(29)21-33(30)38(45)41-22-27-13-14-35(34(20-27)39(46)47)44-15-6-7-16-44/h8,10-11,13-14,18-20H,6-7,9,12,15-17,21-22H2,1-5H3,(H,41,45)(H,46,47). The van der Waals surface area contributed by atoms with Crippen molar-refractivity contribution in [1.29, 1.82) is 0 Å². The van der Waals surface area contributed by atoms with Crippen LogP contribution in [0.25, 0.3) is 16.7 Å². The number of aromatic nitrogens is 2. The molecule has 48 heavy (non-hydrogen) atoms. The van der Waals surface area contributed by atoms with Crippen LogP contribution in [0.2, 0.25) is 5.02 Å². The summed E-state index contributed by atoms with van der Waals surface area (Å²) in [6.07, 6.45) is 4.02. The van der Waals surface area contributed by atoms with Gasteiger partial charge >= 0.3 is 5.97 Å². The van der Waals surface area contributed by atoms with Crippen molar-refractivity contribution in [1.82, 2.24) is 15.1 Å². The molecule has 8 nitrogen and oxygen atoms in total. The third kappa shape index (κ3) is 6.59. The van der Waals surface area contributed by atoms with E-state index in [4.69, 9.17) is 16.3 Å². The van der Waals surface area contributed by atoms with Gasteiger partial charge in [0.1, 0.15) is 5.75 Å². The van der Waals surface area contributed by atoms with Crippen LogP contribution in [-0.4, -0.2) is 46.5 Å². The predicted octanol–water partition coefficient (Wildman–Crippen LogP) is 7.76. The lowest BCUT2D eigenvalue weighted by atomic mass is 9.93. The van der Waals surface area contributed by atoms with Gasteiger partial charge in [-0.3, -0.25) is 9.48 Å². The van der Waals surface area contributed by atoms with Crippen molar-refractivity contribution >= 4 is 34.7 Å². The number of aryl methyl sites for hydroxylation is 4. The van der Waals surface area contributed by atoms with E-state index in [1.54, 1.807) is 6.07 Å². The zero-order valence-corrected chi connectivity index (χ0v) is 29.1. The number of ether oxygens (including phenoxy) is 1. The van der Waals surface area contributed by atoms with E-state index >= 15 is 0 Å². The minimum atomic E-state index is -0.957. The second-order valence-corrected chi connectivity index (χ2v) is 13.4. The van der Waals surface area contributed by atoms with E-state index in [1.165, 1.54) is 0 Å². The molecular formula is C39H43ClN4O4. The van der Waals surface area contributed by atoms with Gasteiger partial charge < -0.3 is 20.1 Å². The molecule has 250 valence electrons. The predicted molar refractivity (Wildman–Crippen MR) is 191 cm³/mol. The lowest BCUT2D eigenvalue weighted by Gasteiger charge is -2.20. The highest BCUT2D eigenvalue weighted by Crippen LogP contribution is 2.42. The third-order valence-corrected chi connectivity index (χ3v) is 10.3. The maximum atomic E-state index is 14.0. The van der Waals surface area contributed by atoms with Gasteiger partial charge in [0.05, 0.1) is 23.6 Å². The number of halogens is 1. The van der Waals surface area contributed by atoms with Crippen LogP contribution in [-0.2, 0) is 24.8 Å². The number of carbonyl (C=O) groups is 2. The van der Waals surface area contributed by atoms with Gasteiger partial charge in [0.2, 0.25) is 5.91 Å². The highest BCUT2D eigenvalue weighted by Gasteiger charge is 2.29. The number of aromatic carboxylic acids is 1. The number of carbonyl (C=O) groups excluding carboxylic acids is 1. The molecule has 0 bridgehead atoms. The van der Waals surface area contributed by atoms with Crippen LogP contribution in [0.3, 0.4) is 0 Å². The van der Waals surface area contributed by atoms with Crippen LogP contribution in [0.4, 0.5) is 5.69 Å². The smallest absolute Gasteiger partial charge is 0.337 e. The zero-order chi connectivity index (χ0) is 34.1. The molecule has 1 fully saturated rings. The summed E-state index contributed by atoms with van der Waals surface area (Å²) in [5.41, 5.74) is 11.9. The zero-order valence-electron chi connectivity index (χ0n) is 28.4. The Kier molecular flexibility index (Phi) is 9.65. The van der Waals surface area contributed by atoms with Crippen molar-refractivity contribution in [2.24, 2.45) is 7.05 Å². The maximum absolute atomic E-state index is 14.0. The SMILES string of the molecule is Cc1cc(OCCCC2=C(C(=O)NCc3ccc(N4CCCC4)c(C(=O)O)c3)Cc3c2cccc3-c2c(C)nn(C)c2C)cc(C)c1Cl. The van der Waals surface area contributed by atoms with Gasteiger partial charge in [-0.2, -0.15) is 5.10 Å². The lowest BCUT2D eigenvalue weighted by molar-refractivity contribution is -0.117. The topological polar surface area (TPSA) is 96.7 Å². The number of carboxylic acid groups (broad SMARTS) is 1. The highest BCUT2D eigenvalue weighted by atomic mass is 35.5. The Balaban J connectivity index is 1.25. The summed E-state index contributed by atoms with van der Waals surface area (Å²) >= 11 is 6.36. The minimum Gasteiger partial charge on any atom is -0.494 e. The molecule has 3 aromatic carbocycles. The van der Waals surface area contributed by atoms with Crippen molar-refractivity contribution in [3.8, 4) is 16.9 Å². The number of carboxylic acids is 1. The van der Waals surface area contributed by atoms with Gasteiger partial charge in [-0.25, -0.2) is 4.79 Å². The van der Waals surface area contributed by atoms with Crippen LogP contribution in [0, 0.1) is 27.7 Å². The van der Waals surface area contributed by atoms with Gasteiger partial charge in [0, 0.05) is 55.0 Å². The van der Waals surface area contributed by atoms with Gasteiger partial charge in [-0.1, -0.05) is 35.9 Å². The van der Waals surface area contributed by atoms with Crippen LogP contribution < -0.4 is 15.0 Å². The Bertz CT molecular complexity index is 1910. The molecule has 1 aromatic heterocycles. The monoisotopic (exact) mass is 666 g/mol. The van der Waals surface area contributed by atoms with E-state index in [0.717, 1.165) is 110 Å². The molecule has 4 aromatic rings. The molecule has 2 aliphatic rings. The largest absolute Gasteiger partial charge is 0.494 e. The number of hydrogen-bond acceptors (Lipinski definition) is 5. The van der Waals surface area contributed by atoms with E-state index in [-0.39, 0.29) is 18.0 Å². The van der Waals surface area contributed by atoms with E-state index in [9.17, 15) is 14.7 Å². The van der Waals surface area contributed by atoms with Crippen molar-refractivity contribution in [3.63, 3.8) is 0 Å². The summed E-state index contributed by atoms with van der Waals surface area (Å²) in [5.74, 6) is -0.312. The summed E-state index contributed by atoms with van der Waals surface area (Å²) < 4.78 is 8.03. The molecule has 0 atom stereocenters. The van der Waals surface area contributed by atoms with E-state index in [2.05, 4.69) is 40.4 Å². The quantitative estimate of drug-likeness (QED) is 0.159. The molecule has 2 N–H and O–H groups in total. The maximum Gasteiger partial charge on any atom is 0.337 e. The first-order chi connectivity index (χ1) is 23.0. The first-order valence-electron chi connectivity index (χ1n) is 16.7. The average Bonchev–Trinajstić information content (AvgIpc) is 3.79.